The number of ether oxygens (including phenoxy) is 3. The van der Waals surface area contributed by atoms with Crippen LogP contribution in [0.1, 0.15) is 33.6 Å². The lowest BCUT2D eigenvalue weighted by Crippen LogP contribution is -2.41. The van der Waals surface area contributed by atoms with E-state index in [-0.39, 0.29) is 23.4 Å². The summed E-state index contributed by atoms with van der Waals surface area (Å²) in [7, 11) is 0. The van der Waals surface area contributed by atoms with Crippen molar-refractivity contribution in [2.45, 2.75) is 52.1 Å². The molecule has 2 heterocycles. The molecule has 1 saturated carbocycles. The van der Waals surface area contributed by atoms with Gasteiger partial charge in [-0.05, 0) is 30.8 Å². The van der Waals surface area contributed by atoms with Crippen molar-refractivity contribution in [1.82, 2.24) is 0 Å². The van der Waals surface area contributed by atoms with Crippen LogP contribution in [0.15, 0.2) is 35.1 Å². The third-order valence-electron chi connectivity index (χ3n) is 5.80. The van der Waals surface area contributed by atoms with Crippen LogP contribution in [0.3, 0.4) is 0 Å². The molecule has 6 nitrogen and oxygen atoms in total. The van der Waals surface area contributed by atoms with E-state index < -0.39 is 24.3 Å². The predicted molar refractivity (Wildman–Crippen MR) is 86.8 cm³/mol. The van der Waals surface area contributed by atoms with E-state index in [1.165, 1.54) is 6.26 Å². The zero-order chi connectivity index (χ0) is 17.9. The number of cyclic esters (lactones) is 1. The van der Waals surface area contributed by atoms with Crippen LogP contribution in [0.4, 0.5) is 0 Å². The average molecular weight is 346 g/mol. The van der Waals surface area contributed by atoms with E-state index in [0.29, 0.717) is 11.1 Å². The summed E-state index contributed by atoms with van der Waals surface area (Å²) in [6.07, 6.45) is 4.88. The van der Waals surface area contributed by atoms with Crippen molar-refractivity contribution in [3.8, 4) is 0 Å². The summed E-state index contributed by atoms with van der Waals surface area (Å²) in [5.74, 6) is -1.05. The van der Waals surface area contributed by atoms with Gasteiger partial charge in [0.05, 0.1) is 23.9 Å². The van der Waals surface area contributed by atoms with Crippen LogP contribution in [0.2, 0.25) is 0 Å². The molecule has 2 aliphatic heterocycles. The van der Waals surface area contributed by atoms with Gasteiger partial charge in [-0.3, -0.25) is 0 Å². The molecule has 4 aliphatic rings. The molecule has 0 bridgehead atoms. The summed E-state index contributed by atoms with van der Waals surface area (Å²) in [4.78, 5) is 23.7. The third-order valence-corrected chi connectivity index (χ3v) is 5.80. The van der Waals surface area contributed by atoms with Gasteiger partial charge in [0, 0.05) is 17.6 Å². The number of rotatable bonds is 2. The second-order valence-corrected chi connectivity index (χ2v) is 7.92. The zero-order valence-electron chi connectivity index (χ0n) is 14.5. The normalized spacial score (nSPS) is 40.2. The first-order valence-corrected chi connectivity index (χ1v) is 8.63. The van der Waals surface area contributed by atoms with Crippen molar-refractivity contribution in [3.63, 3.8) is 0 Å². The van der Waals surface area contributed by atoms with Crippen molar-refractivity contribution in [2.24, 2.45) is 17.3 Å². The maximum Gasteiger partial charge on any atom is 0.338 e. The van der Waals surface area contributed by atoms with Gasteiger partial charge >= 0.3 is 11.9 Å². The van der Waals surface area contributed by atoms with E-state index in [4.69, 9.17) is 14.2 Å². The fraction of sp³-hybridized carbons (Fsp3) is 0.579. The molecule has 134 valence electrons. The monoisotopic (exact) mass is 346 g/mol. The minimum absolute atomic E-state index is 0.0162. The van der Waals surface area contributed by atoms with Gasteiger partial charge in [0.2, 0.25) is 0 Å². The minimum Gasteiger partial charge on any atom is -0.458 e. The van der Waals surface area contributed by atoms with E-state index in [1.807, 2.05) is 6.08 Å². The van der Waals surface area contributed by atoms with Crippen LogP contribution < -0.4 is 0 Å². The van der Waals surface area contributed by atoms with Gasteiger partial charge in [0.1, 0.15) is 6.10 Å². The lowest BCUT2D eigenvalue weighted by molar-refractivity contribution is -0.152. The van der Waals surface area contributed by atoms with Crippen molar-refractivity contribution < 1.29 is 28.9 Å². The Bertz CT molecular complexity index is 728. The SMILES string of the molecule is CC1=C[C@@H](O/C=C2/C(=O)O[C@H]3[C@@H]2C=C2[C@H](O)CCC(C)(C)[C@@H]23)OC1=O. The number of hydrogen-bond donors (Lipinski definition) is 1. The molecule has 0 spiro atoms. The number of aliphatic hydroxyl groups excluding tert-OH is 1. The Labute approximate surface area is 146 Å². The van der Waals surface area contributed by atoms with Gasteiger partial charge in [-0.25, -0.2) is 9.59 Å². The summed E-state index contributed by atoms with van der Waals surface area (Å²) < 4.78 is 16.1. The summed E-state index contributed by atoms with van der Waals surface area (Å²) >= 11 is 0. The fourth-order valence-electron chi connectivity index (χ4n) is 4.42. The van der Waals surface area contributed by atoms with Gasteiger partial charge in [0.25, 0.3) is 6.29 Å². The first kappa shape index (κ1) is 16.4. The smallest absolute Gasteiger partial charge is 0.338 e. The maximum atomic E-state index is 12.3. The minimum atomic E-state index is -0.815. The topological polar surface area (TPSA) is 82.1 Å². The maximum absolute atomic E-state index is 12.3. The van der Waals surface area contributed by atoms with Gasteiger partial charge < -0.3 is 19.3 Å². The quantitative estimate of drug-likeness (QED) is 0.356. The van der Waals surface area contributed by atoms with E-state index in [1.54, 1.807) is 13.0 Å². The first-order valence-electron chi connectivity index (χ1n) is 8.63. The van der Waals surface area contributed by atoms with E-state index in [0.717, 1.165) is 18.4 Å². The summed E-state index contributed by atoms with van der Waals surface area (Å²) in [6.45, 7) is 5.95. The molecule has 2 aliphatic carbocycles. The van der Waals surface area contributed by atoms with Crippen molar-refractivity contribution in [3.05, 3.63) is 35.1 Å². The number of esters is 2. The van der Waals surface area contributed by atoms with Crippen molar-refractivity contribution >= 4 is 11.9 Å². The molecule has 0 aromatic rings. The highest BCUT2D eigenvalue weighted by molar-refractivity contribution is 5.92. The Morgan fingerprint density at radius 1 is 1.24 bits per heavy atom. The van der Waals surface area contributed by atoms with E-state index >= 15 is 0 Å². The second-order valence-electron chi connectivity index (χ2n) is 7.92. The number of fused-ring (bicyclic) bond motifs is 3. The highest BCUT2D eigenvalue weighted by Crippen LogP contribution is 2.55. The Morgan fingerprint density at radius 2 is 2.00 bits per heavy atom. The molecule has 1 N–H and O–H groups in total. The highest BCUT2D eigenvalue weighted by Gasteiger charge is 2.56. The molecular formula is C19H22O6. The largest absolute Gasteiger partial charge is 0.458 e. The average Bonchev–Trinajstić information content (AvgIpc) is 3.15. The lowest BCUT2D eigenvalue weighted by Gasteiger charge is -2.42. The number of hydrogen-bond acceptors (Lipinski definition) is 6. The third kappa shape index (κ3) is 2.51. The molecule has 25 heavy (non-hydrogen) atoms. The fourth-order valence-corrected chi connectivity index (χ4v) is 4.42. The summed E-state index contributed by atoms with van der Waals surface area (Å²) in [6, 6.07) is 0. The highest BCUT2D eigenvalue weighted by atomic mass is 16.7. The lowest BCUT2D eigenvalue weighted by atomic mass is 9.65. The van der Waals surface area contributed by atoms with Crippen LogP contribution in [0.25, 0.3) is 0 Å². The molecule has 0 unspecified atom stereocenters. The first-order chi connectivity index (χ1) is 11.8. The zero-order valence-corrected chi connectivity index (χ0v) is 14.5. The molecule has 5 atom stereocenters. The molecule has 2 fully saturated rings. The predicted octanol–water partition coefficient (Wildman–Crippen LogP) is 1.99. The molecular weight excluding hydrogens is 324 g/mol. The Kier molecular flexibility index (Phi) is 3.58. The Morgan fingerprint density at radius 3 is 2.68 bits per heavy atom. The van der Waals surface area contributed by atoms with Crippen LogP contribution in [0.5, 0.6) is 0 Å². The summed E-state index contributed by atoms with van der Waals surface area (Å²) in [5, 5.41) is 10.4. The van der Waals surface area contributed by atoms with Crippen molar-refractivity contribution in [1.29, 1.82) is 0 Å². The van der Waals surface area contributed by atoms with Crippen LogP contribution in [0, 0.1) is 17.3 Å². The molecule has 0 aromatic heterocycles. The van der Waals surface area contributed by atoms with Crippen molar-refractivity contribution in [2.75, 3.05) is 0 Å². The Balaban J connectivity index is 1.59. The molecule has 6 heteroatoms. The summed E-state index contributed by atoms with van der Waals surface area (Å²) in [5.41, 5.74) is 1.81. The van der Waals surface area contributed by atoms with Gasteiger partial charge in [-0.1, -0.05) is 19.9 Å². The van der Waals surface area contributed by atoms with Crippen LogP contribution >= 0.6 is 0 Å². The number of carbonyl (C=O) groups is 2. The van der Waals surface area contributed by atoms with Crippen LogP contribution in [-0.4, -0.2) is 35.5 Å². The number of aliphatic hydroxyl groups is 1. The molecule has 0 aromatic carbocycles. The van der Waals surface area contributed by atoms with Gasteiger partial charge in [-0.2, -0.15) is 0 Å². The molecule has 1 saturated heterocycles. The molecule has 0 radical (unpaired) electrons. The van der Waals surface area contributed by atoms with Crippen LogP contribution in [-0.2, 0) is 23.8 Å². The van der Waals surface area contributed by atoms with Gasteiger partial charge in [0.15, 0.2) is 0 Å². The van der Waals surface area contributed by atoms with E-state index in [9.17, 15) is 14.7 Å². The standard InChI is InChI=1S/C19H22O6/c1-9-6-14(24-17(9)21)23-8-12-10-7-11-13(20)4-5-19(2,3)15(11)16(10)25-18(12)22/h6-8,10,13-16,20H,4-5H2,1-3H3/b12-8+/t10-,13-,14+,15+,16+/m1/s1. The Hall–Kier alpha value is -2.08. The number of carbonyl (C=O) groups excluding carboxylic acids is 2. The van der Waals surface area contributed by atoms with E-state index in [2.05, 4.69) is 13.8 Å². The second kappa shape index (κ2) is 5.46. The molecule has 0 amide bonds. The molecule has 4 rings (SSSR count). The van der Waals surface area contributed by atoms with Gasteiger partial charge in [-0.15, -0.1) is 0 Å².